The standard InChI is InChI=1S/C30H21Cl2F3N4O2/c1-18-27(29(40)37-21-8-14-26(36-16-21)30(33,34)35)38-28(24-13-7-20(31)15-25(24)32)39(18)22-9-11-23(12-10-22)41-17-19-5-3-2-4-6-19/h2-16H,17H2,1H3,(H,37,40). The fraction of sp³-hybridized carbons (Fsp3) is 0.100. The van der Waals surface area contributed by atoms with Crippen molar-refractivity contribution in [2.75, 3.05) is 5.32 Å². The van der Waals surface area contributed by atoms with Crippen LogP contribution < -0.4 is 10.1 Å². The summed E-state index contributed by atoms with van der Waals surface area (Å²) in [6.45, 7) is 2.11. The molecule has 2 heterocycles. The van der Waals surface area contributed by atoms with Crippen molar-refractivity contribution in [1.29, 1.82) is 0 Å². The second-order valence-electron chi connectivity index (χ2n) is 8.98. The molecule has 2 aromatic heterocycles. The fourth-order valence-electron chi connectivity index (χ4n) is 4.14. The molecule has 5 rings (SSSR count). The van der Waals surface area contributed by atoms with E-state index >= 15 is 0 Å². The molecule has 0 radical (unpaired) electrons. The number of ether oxygens (including phenoxy) is 1. The zero-order valence-electron chi connectivity index (χ0n) is 21.4. The van der Waals surface area contributed by atoms with Gasteiger partial charge in [0.1, 0.15) is 23.9 Å². The molecule has 6 nitrogen and oxygen atoms in total. The minimum Gasteiger partial charge on any atom is -0.489 e. The van der Waals surface area contributed by atoms with Crippen LogP contribution in [0.3, 0.4) is 0 Å². The lowest BCUT2D eigenvalue weighted by Gasteiger charge is -2.13. The van der Waals surface area contributed by atoms with Crippen molar-refractivity contribution in [2.45, 2.75) is 19.7 Å². The van der Waals surface area contributed by atoms with Gasteiger partial charge in [-0.05, 0) is 67.1 Å². The molecule has 0 aliphatic rings. The monoisotopic (exact) mass is 596 g/mol. The SMILES string of the molecule is Cc1c(C(=O)Nc2ccc(C(F)(F)F)nc2)nc(-c2ccc(Cl)cc2Cl)n1-c1ccc(OCc2ccccc2)cc1. The van der Waals surface area contributed by atoms with E-state index in [9.17, 15) is 18.0 Å². The summed E-state index contributed by atoms with van der Waals surface area (Å²) in [4.78, 5) is 21.2. The molecule has 0 unspecified atom stereocenters. The summed E-state index contributed by atoms with van der Waals surface area (Å²) >= 11 is 12.6. The number of carbonyl (C=O) groups excluding carboxylic acids is 1. The lowest BCUT2D eigenvalue weighted by Crippen LogP contribution is -2.15. The van der Waals surface area contributed by atoms with Gasteiger partial charge in [0.2, 0.25) is 0 Å². The number of pyridine rings is 1. The van der Waals surface area contributed by atoms with Crippen LogP contribution in [0.5, 0.6) is 5.75 Å². The van der Waals surface area contributed by atoms with Crippen molar-refractivity contribution in [3.05, 3.63) is 124 Å². The van der Waals surface area contributed by atoms with Crippen molar-refractivity contribution in [3.63, 3.8) is 0 Å². The Morgan fingerprint density at radius 1 is 0.976 bits per heavy atom. The molecule has 0 aliphatic carbocycles. The number of nitrogens with one attached hydrogen (secondary N) is 1. The lowest BCUT2D eigenvalue weighted by molar-refractivity contribution is -0.141. The van der Waals surface area contributed by atoms with Gasteiger partial charge in [-0.25, -0.2) is 9.97 Å². The molecule has 0 fully saturated rings. The number of anilines is 1. The van der Waals surface area contributed by atoms with Gasteiger partial charge >= 0.3 is 6.18 Å². The Bertz CT molecular complexity index is 1690. The van der Waals surface area contributed by atoms with E-state index in [1.54, 1.807) is 41.8 Å². The third-order valence-corrected chi connectivity index (χ3v) is 6.70. The summed E-state index contributed by atoms with van der Waals surface area (Å²) in [5, 5.41) is 3.32. The lowest BCUT2D eigenvalue weighted by atomic mass is 10.2. The van der Waals surface area contributed by atoms with Crippen molar-refractivity contribution < 1.29 is 22.7 Å². The summed E-state index contributed by atoms with van der Waals surface area (Å²) < 4.78 is 46.3. The first-order valence-corrected chi connectivity index (χ1v) is 13.0. The Labute approximate surface area is 243 Å². The summed E-state index contributed by atoms with van der Waals surface area (Å²) in [7, 11) is 0. The fourth-order valence-corrected chi connectivity index (χ4v) is 4.64. The van der Waals surface area contributed by atoms with E-state index in [0.29, 0.717) is 45.2 Å². The van der Waals surface area contributed by atoms with Gasteiger partial charge in [0.25, 0.3) is 5.91 Å². The van der Waals surface area contributed by atoms with E-state index in [1.165, 1.54) is 0 Å². The van der Waals surface area contributed by atoms with Gasteiger partial charge in [0, 0.05) is 16.3 Å². The van der Waals surface area contributed by atoms with Crippen LogP contribution in [0.1, 0.15) is 27.4 Å². The van der Waals surface area contributed by atoms with Crippen LogP contribution in [0.4, 0.5) is 18.9 Å². The Hall–Kier alpha value is -4.34. The van der Waals surface area contributed by atoms with Gasteiger partial charge in [-0.3, -0.25) is 9.36 Å². The zero-order chi connectivity index (χ0) is 29.1. The first kappa shape index (κ1) is 28.2. The summed E-state index contributed by atoms with van der Waals surface area (Å²) in [6.07, 6.45) is -3.65. The van der Waals surface area contributed by atoms with E-state index in [0.717, 1.165) is 23.9 Å². The van der Waals surface area contributed by atoms with Crippen molar-refractivity contribution in [1.82, 2.24) is 14.5 Å². The third-order valence-electron chi connectivity index (χ3n) is 6.15. The molecule has 0 saturated carbocycles. The molecule has 0 spiro atoms. The molecule has 0 saturated heterocycles. The van der Waals surface area contributed by atoms with Gasteiger partial charge in [0.05, 0.1) is 22.6 Å². The van der Waals surface area contributed by atoms with Crippen LogP contribution in [-0.2, 0) is 12.8 Å². The molecule has 0 aliphatic heterocycles. The highest BCUT2D eigenvalue weighted by molar-refractivity contribution is 6.36. The molecule has 41 heavy (non-hydrogen) atoms. The normalized spacial score (nSPS) is 11.4. The second kappa shape index (κ2) is 11.6. The molecule has 11 heteroatoms. The largest absolute Gasteiger partial charge is 0.489 e. The molecular formula is C30H21Cl2F3N4O2. The highest BCUT2D eigenvalue weighted by Gasteiger charge is 2.32. The van der Waals surface area contributed by atoms with Crippen LogP contribution in [0.2, 0.25) is 10.0 Å². The minimum atomic E-state index is -4.59. The number of benzene rings is 3. The molecular weight excluding hydrogens is 576 g/mol. The van der Waals surface area contributed by atoms with Crippen LogP contribution in [0.15, 0.2) is 91.1 Å². The maximum Gasteiger partial charge on any atom is 0.433 e. The summed E-state index contributed by atoms with van der Waals surface area (Å²) in [5.41, 5.74) is 1.78. The number of hydrogen-bond acceptors (Lipinski definition) is 4. The average Bonchev–Trinajstić information content (AvgIpc) is 3.29. The number of carbonyl (C=O) groups is 1. The van der Waals surface area contributed by atoms with E-state index < -0.39 is 17.8 Å². The second-order valence-corrected chi connectivity index (χ2v) is 9.82. The van der Waals surface area contributed by atoms with Crippen LogP contribution in [0, 0.1) is 6.92 Å². The molecule has 1 amide bonds. The number of rotatable bonds is 7. The number of hydrogen-bond donors (Lipinski definition) is 1. The topological polar surface area (TPSA) is 69.0 Å². The number of nitrogens with zero attached hydrogens (tertiary/aromatic N) is 3. The Balaban J connectivity index is 1.48. The van der Waals surface area contributed by atoms with Gasteiger partial charge in [-0.15, -0.1) is 0 Å². The first-order valence-electron chi connectivity index (χ1n) is 12.3. The highest BCUT2D eigenvalue weighted by Crippen LogP contribution is 2.34. The number of alkyl halides is 3. The highest BCUT2D eigenvalue weighted by atomic mass is 35.5. The van der Waals surface area contributed by atoms with E-state index in [2.05, 4.69) is 15.3 Å². The molecule has 0 bridgehead atoms. The molecule has 5 aromatic rings. The molecule has 1 N–H and O–H groups in total. The zero-order valence-corrected chi connectivity index (χ0v) is 22.9. The predicted molar refractivity (Wildman–Crippen MR) is 152 cm³/mol. The number of amides is 1. The molecule has 3 aromatic carbocycles. The average molecular weight is 597 g/mol. The van der Waals surface area contributed by atoms with Gasteiger partial charge < -0.3 is 10.1 Å². The maximum absolute atomic E-state index is 13.2. The van der Waals surface area contributed by atoms with Crippen LogP contribution in [-0.4, -0.2) is 20.4 Å². The third kappa shape index (κ3) is 6.37. The molecule has 208 valence electrons. The Morgan fingerprint density at radius 3 is 2.34 bits per heavy atom. The summed E-state index contributed by atoms with van der Waals surface area (Å²) in [6, 6.07) is 23.9. The number of imidazole rings is 1. The number of halogens is 5. The van der Waals surface area contributed by atoms with Crippen LogP contribution >= 0.6 is 23.2 Å². The van der Waals surface area contributed by atoms with Crippen molar-refractivity contribution >= 4 is 34.8 Å². The quantitative estimate of drug-likeness (QED) is 0.205. The Kier molecular flexibility index (Phi) is 8.01. The maximum atomic E-state index is 13.2. The predicted octanol–water partition coefficient (Wildman–Crippen LogP) is 8.40. The van der Waals surface area contributed by atoms with Gasteiger partial charge in [-0.2, -0.15) is 13.2 Å². The van der Waals surface area contributed by atoms with Gasteiger partial charge in [-0.1, -0.05) is 53.5 Å². The number of aromatic nitrogens is 3. The van der Waals surface area contributed by atoms with E-state index in [-0.39, 0.29) is 11.4 Å². The van der Waals surface area contributed by atoms with E-state index in [4.69, 9.17) is 27.9 Å². The van der Waals surface area contributed by atoms with Crippen molar-refractivity contribution in [3.8, 4) is 22.8 Å². The smallest absolute Gasteiger partial charge is 0.433 e. The summed E-state index contributed by atoms with van der Waals surface area (Å²) in [5.74, 6) is 0.393. The van der Waals surface area contributed by atoms with E-state index in [1.807, 2.05) is 42.5 Å². The van der Waals surface area contributed by atoms with Crippen LogP contribution in [0.25, 0.3) is 17.1 Å². The van der Waals surface area contributed by atoms with Gasteiger partial charge in [0.15, 0.2) is 5.69 Å². The van der Waals surface area contributed by atoms with Crippen molar-refractivity contribution in [2.24, 2.45) is 0 Å². The Morgan fingerprint density at radius 2 is 1.71 bits per heavy atom. The minimum absolute atomic E-state index is 0.0512. The first-order chi connectivity index (χ1) is 19.6. The molecule has 0 atom stereocenters.